The first-order valence-electron chi connectivity index (χ1n) is 11.4. The Bertz CT molecular complexity index is 657. The molecule has 9 atom stereocenters. The second-order valence-corrected chi connectivity index (χ2v) is 10.9. The Balaban J connectivity index is 1.59. The third kappa shape index (κ3) is 2.98. The normalized spacial score (nSPS) is 48.8. The zero-order chi connectivity index (χ0) is 20.3. The molecule has 3 N–H and O–H groups in total. The van der Waals surface area contributed by atoms with Crippen LogP contribution >= 0.6 is 0 Å². The smallest absolute Gasteiger partial charge is 0.303 e. The standard InChI is InChI=1S/C24H38O4/c1-14(4-9-22(27)28)18-7-8-19-17-6-5-15-12-16(25)10-11-23(15,2)20(17)13-21(26)24(18,19)3/h5,14,16-21,25-26H,4,6-13H2,1-3H3,(H,27,28)/t14-,16?,17+,18-,19+,20+,21?,23+,24-/m1/s1. The SMILES string of the molecule is C[C@H](CCC(=O)O)[C@H]1CC[C@H]2[C@@H]3CC=C4CC(O)CC[C@]4(C)[C@H]3CC(O)[C@]12C. The maximum atomic E-state index is 11.4. The van der Waals surface area contributed by atoms with E-state index >= 15 is 0 Å². The fraction of sp³-hybridized carbons (Fsp3) is 0.875. The highest BCUT2D eigenvalue weighted by atomic mass is 16.4. The summed E-state index contributed by atoms with van der Waals surface area (Å²) in [6.45, 7) is 6.89. The van der Waals surface area contributed by atoms with E-state index in [4.69, 9.17) is 5.11 Å². The van der Waals surface area contributed by atoms with Crippen molar-refractivity contribution < 1.29 is 20.1 Å². The molecule has 0 saturated heterocycles. The molecule has 3 saturated carbocycles. The summed E-state index contributed by atoms with van der Waals surface area (Å²) >= 11 is 0. The molecule has 158 valence electrons. The average Bonchev–Trinajstić information content (AvgIpc) is 3.00. The molecule has 0 aromatic carbocycles. The Morgan fingerprint density at radius 1 is 1.21 bits per heavy atom. The Morgan fingerprint density at radius 3 is 2.68 bits per heavy atom. The number of carboxylic acid groups (broad SMARTS) is 1. The van der Waals surface area contributed by atoms with Gasteiger partial charge in [0.05, 0.1) is 12.2 Å². The maximum Gasteiger partial charge on any atom is 0.303 e. The first-order chi connectivity index (χ1) is 13.2. The van der Waals surface area contributed by atoms with Gasteiger partial charge in [0.25, 0.3) is 0 Å². The monoisotopic (exact) mass is 390 g/mol. The zero-order valence-electron chi connectivity index (χ0n) is 17.7. The number of allylic oxidation sites excluding steroid dienone is 1. The number of hydrogen-bond acceptors (Lipinski definition) is 3. The van der Waals surface area contributed by atoms with Gasteiger partial charge in [-0.1, -0.05) is 32.4 Å². The molecule has 4 aliphatic rings. The average molecular weight is 391 g/mol. The molecule has 0 spiro atoms. The van der Waals surface area contributed by atoms with Crippen molar-refractivity contribution in [2.24, 2.45) is 40.4 Å². The summed E-state index contributed by atoms with van der Waals surface area (Å²) in [5, 5.41) is 30.7. The molecule has 0 aromatic rings. The fourth-order valence-corrected chi connectivity index (χ4v) is 8.12. The summed E-state index contributed by atoms with van der Waals surface area (Å²) in [5.41, 5.74) is 1.49. The molecule has 4 heteroatoms. The summed E-state index contributed by atoms with van der Waals surface area (Å²) in [7, 11) is 0. The molecular formula is C24H38O4. The molecule has 4 nitrogen and oxygen atoms in total. The first kappa shape index (κ1) is 20.4. The second-order valence-electron chi connectivity index (χ2n) is 10.9. The summed E-state index contributed by atoms with van der Waals surface area (Å²) in [4.78, 5) is 11.1. The minimum Gasteiger partial charge on any atom is -0.481 e. The van der Waals surface area contributed by atoms with Crippen LogP contribution in [-0.4, -0.2) is 33.5 Å². The van der Waals surface area contributed by atoms with Crippen molar-refractivity contribution in [1.29, 1.82) is 0 Å². The van der Waals surface area contributed by atoms with E-state index in [2.05, 4.69) is 26.8 Å². The van der Waals surface area contributed by atoms with Crippen molar-refractivity contribution in [3.05, 3.63) is 11.6 Å². The van der Waals surface area contributed by atoms with Gasteiger partial charge in [-0.3, -0.25) is 4.79 Å². The van der Waals surface area contributed by atoms with E-state index in [-0.39, 0.29) is 29.5 Å². The molecular weight excluding hydrogens is 352 g/mol. The van der Waals surface area contributed by atoms with E-state index in [0.717, 1.165) is 38.5 Å². The highest BCUT2D eigenvalue weighted by Gasteiger charge is 2.62. The van der Waals surface area contributed by atoms with Gasteiger partial charge in [-0.15, -0.1) is 0 Å². The lowest BCUT2D eigenvalue weighted by Gasteiger charge is -2.60. The van der Waals surface area contributed by atoms with Crippen molar-refractivity contribution in [1.82, 2.24) is 0 Å². The highest BCUT2D eigenvalue weighted by Crippen LogP contribution is 2.67. The predicted molar refractivity (Wildman–Crippen MR) is 109 cm³/mol. The van der Waals surface area contributed by atoms with E-state index in [9.17, 15) is 15.0 Å². The van der Waals surface area contributed by atoms with E-state index in [1.54, 1.807) is 0 Å². The van der Waals surface area contributed by atoms with Gasteiger partial charge < -0.3 is 15.3 Å². The number of rotatable bonds is 4. The number of carbonyl (C=O) groups is 1. The molecule has 0 aliphatic heterocycles. The molecule has 2 unspecified atom stereocenters. The van der Waals surface area contributed by atoms with Crippen LogP contribution in [0, 0.1) is 40.4 Å². The van der Waals surface area contributed by atoms with Crippen LogP contribution in [0.25, 0.3) is 0 Å². The van der Waals surface area contributed by atoms with Crippen LogP contribution in [0.1, 0.15) is 78.6 Å². The van der Waals surface area contributed by atoms with Crippen molar-refractivity contribution in [2.45, 2.75) is 90.8 Å². The van der Waals surface area contributed by atoms with Crippen molar-refractivity contribution in [3.63, 3.8) is 0 Å². The van der Waals surface area contributed by atoms with Crippen LogP contribution < -0.4 is 0 Å². The summed E-state index contributed by atoms with van der Waals surface area (Å²) in [6, 6.07) is 0. The van der Waals surface area contributed by atoms with Crippen LogP contribution in [-0.2, 0) is 4.79 Å². The van der Waals surface area contributed by atoms with Crippen LogP contribution in [0.3, 0.4) is 0 Å². The van der Waals surface area contributed by atoms with Gasteiger partial charge in [0.15, 0.2) is 0 Å². The Labute approximate surface area is 169 Å². The lowest BCUT2D eigenvalue weighted by molar-refractivity contribution is -0.140. The van der Waals surface area contributed by atoms with Crippen molar-refractivity contribution in [2.75, 3.05) is 0 Å². The lowest BCUT2D eigenvalue weighted by atomic mass is 9.46. The zero-order valence-corrected chi connectivity index (χ0v) is 17.7. The first-order valence-corrected chi connectivity index (χ1v) is 11.4. The molecule has 0 radical (unpaired) electrons. The van der Waals surface area contributed by atoms with Crippen molar-refractivity contribution >= 4 is 5.97 Å². The van der Waals surface area contributed by atoms with E-state index in [0.29, 0.717) is 36.0 Å². The van der Waals surface area contributed by atoms with Gasteiger partial charge >= 0.3 is 5.97 Å². The number of aliphatic carboxylic acids is 1. The molecule has 0 amide bonds. The van der Waals surface area contributed by atoms with Crippen LogP contribution in [0.5, 0.6) is 0 Å². The topological polar surface area (TPSA) is 77.8 Å². The molecule has 4 aliphatic carbocycles. The number of fused-ring (bicyclic) bond motifs is 5. The number of carboxylic acids is 1. The third-order valence-electron chi connectivity index (χ3n) is 9.76. The van der Waals surface area contributed by atoms with Gasteiger partial charge in [0, 0.05) is 6.42 Å². The number of aliphatic hydroxyl groups is 2. The number of hydrogen-bond donors (Lipinski definition) is 3. The quantitative estimate of drug-likeness (QED) is 0.622. The number of aliphatic hydroxyl groups excluding tert-OH is 2. The van der Waals surface area contributed by atoms with Crippen molar-refractivity contribution in [3.8, 4) is 0 Å². The fourth-order valence-electron chi connectivity index (χ4n) is 8.12. The largest absolute Gasteiger partial charge is 0.481 e. The minimum absolute atomic E-state index is 0.0883. The Kier molecular flexibility index (Phi) is 5.19. The van der Waals surface area contributed by atoms with Crippen LogP contribution in [0.15, 0.2) is 11.6 Å². The van der Waals surface area contributed by atoms with E-state index < -0.39 is 5.97 Å². The minimum atomic E-state index is -0.715. The van der Waals surface area contributed by atoms with Gasteiger partial charge in [-0.2, -0.15) is 0 Å². The molecule has 3 fully saturated rings. The van der Waals surface area contributed by atoms with Gasteiger partial charge in [-0.05, 0) is 91.8 Å². The summed E-state index contributed by atoms with van der Waals surface area (Å²) < 4.78 is 0. The van der Waals surface area contributed by atoms with Crippen LogP contribution in [0.2, 0.25) is 0 Å². The Hall–Kier alpha value is -0.870. The van der Waals surface area contributed by atoms with Crippen LogP contribution in [0.4, 0.5) is 0 Å². The second kappa shape index (κ2) is 7.12. The molecule has 4 rings (SSSR count). The van der Waals surface area contributed by atoms with E-state index in [1.807, 2.05) is 0 Å². The summed E-state index contributed by atoms with van der Waals surface area (Å²) in [5.74, 6) is 1.70. The molecule has 0 bridgehead atoms. The van der Waals surface area contributed by atoms with E-state index in [1.165, 1.54) is 12.0 Å². The van der Waals surface area contributed by atoms with Gasteiger partial charge in [0.2, 0.25) is 0 Å². The molecule has 0 heterocycles. The molecule has 28 heavy (non-hydrogen) atoms. The maximum absolute atomic E-state index is 11.4. The van der Waals surface area contributed by atoms with Gasteiger partial charge in [-0.25, -0.2) is 0 Å². The highest BCUT2D eigenvalue weighted by molar-refractivity contribution is 5.66. The van der Waals surface area contributed by atoms with Gasteiger partial charge in [0.1, 0.15) is 0 Å². The molecule has 0 aromatic heterocycles. The third-order valence-corrected chi connectivity index (χ3v) is 9.76. The lowest BCUT2D eigenvalue weighted by Crippen LogP contribution is -2.56. The predicted octanol–water partition coefficient (Wildman–Crippen LogP) is 4.40. The summed E-state index contributed by atoms with van der Waals surface area (Å²) in [6.07, 6.45) is 9.84. The Morgan fingerprint density at radius 2 is 1.96 bits per heavy atom.